The maximum Gasteiger partial charge on any atom is 0.315 e. The fourth-order valence-electron chi connectivity index (χ4n) is 2.96. The van der Waals surface area contributed by atoms with Crippen molar-refractivity contribution in [2.45, 2.75) is 26.7 Å². The van der Waals surface area contributed by atoms with Gasteiger partial charge in [0.15, 0.2) is 0 Å². The van der Waals surface area contributed by atoms with E-state index in [9.17, 15) is 9.59 Å². The van der Waals surface area contributed by atoms with Gasteiger partial charge in [-0.05, 0) is 55.4 Å². The molecule has 1 heterocycles. The van der Waals surface area contributed by atoms with Crippen LogP contribution in [0.25, 0.3) is 0 Å². The van der Waals surface area contributed by atoms with Crippen LogP contribution in [-0.2, 0) is 17.6 Å². The van der Waals surface area contributed by atoms with E-state index in [0.717, 1.165) is 17.3 Å². The highest BCUT2D eigenvalue weighted by molar-refractivity contribution is 5.80. The Morgan fingerprint density at radius 1 is 0.865 bits per heavy atom. The monoisotopic (exact) mass is 496 g/mol. The Kier molecular flexibility index (Phi) is 12.3. The normalized spacial score (nSPS) is 9.89. The Balaban J connectivity index is 0.000000222. The van der Waals surface area contributed by atoms with Gasteiger partial charge in [0.2, 0.25) is 0 Å². The third kappa shape index (κ3) is 11.5. The molecule has 0 fully saturated rings. The van der Waals surface area contributed by atoms with Gasteiger partial charge in [-0.15, -0.1) is 0 Å². The number of nitrogens with zero attached hydrogens (tertiary/aromatic N) is 2. The highest BCUT2D eigenvalue weighted by Gasteiger charge is 2.06. The smallest absolute Gasteiger partial charge is 0.315 e. The number of nitrogens with one attached hydrogen (secondary N) is 1. The molecule has 7 nitrogen and oxygen atoms in total. The molecular weight excluding hydrogens is 464 g/mol. The molecule has 0 bridgehead atoms. The number of benzene rings is 3. The van der Waals surface area contributed by atoms with Crippen molar-refractivity contribution < 1.29 is 14.3 Å². The lowest BCUT2D eigenvalue weighted by molar-refractivity contribution is -0.133. The first kappa shape index (κ1) is 28.5. The maximum atomic E-state index is 11.7. The molecule has 0 amide bonds. The minimum atomic E-state index is -0.236. The van der Waals surface area contributed by atoms with E-state index in [0.29, 0.717) is 18.6 Å². The molecule has 0 aliphatic heterocycles. The number of aryl methyl sites for hydroxylation is 2. The largest absolute Gasteiger partial charge is 0.426 e. The summed E-state index contributed by atoms with van der Waals surface area (Å²) >= 11 is 0. The fraction of sp³-hybridized carbons (Fsp3) is 0.133. The minimum absolute atomic E-state index is 0.0103. The molecule has 0 saturated carbocycles. The molecule has 0 spiro atoms. The molecule has 3 N–H and O–H groups in total. The van der Waals surface area contributed by atoms with Gasteiger partial charge in [0.05, 0.1) is 12.8 Å². The molecule has 4 aromatic rings. The molecule has 0 unspecified atom stereocenters. The highest BCUT2D eigenvalue weighted by atomic mass is 16.5. The molecule has 0 radical (unpaired) electrons. The summed E-state index contributed by atoms with van der Waals surface area (Å²) in [4.78, 5) is 23.3. The van der Waals surface area contributed by atoms with Gasteiger partial charge in [-0.2, -0.15) is 5.10 Å². The molecule has 4 rings (SSSR count). The maximum absolute atomic E-state index is 11.7. The van der Waals surface area contributed by atoms with Gasteiger partial charge in [0.25, 0.3) is 5.91 Å². The molecule has 7 heteroatoms. The zero-order valence-corrected chi connectivity index (χ0v) is 21.1. The number of rotatable bonds is 6. The first-order chi connectivity index (χ1) is 17.9. The van der Waals surface area contributed by atoms with Crippen LogP contribution in [-0.4, -0.2) is 27.9 Å². The molecule has 0 aliphatic carbocycles. The van der Waals surface area contributed by atoms with Crippen LogP contribution in [0.4, 0.5) is 0 Å². The number of nitrogens with two attached hydrogens (primary N) is 1. The van der Waals surface area contributed by atoms with Crippen LogP contribution in [0.3, 0.4) is 0 Å². The number of aromatic nitrogens is 2. The van der Waals surface area contributed by atoms with Crippen molar-refractivity contribution in [1.29, 1.82) is 5.41 Å². The van der Waals surface area contributed by atoms with Crippen molar-refractivity contribution in [2.75, 3.05) is 0 Å². The zero-order valence-electron chi connectivity index (χ0n) is 21.1. The zero-order chi connectivity index (χ0) is 26.9. The van der Waals surface area contributed by atoms with Gasteiger partial charge < -0.3 is 15.9 Å². The van der Waals surface area contributed by atoms with Crippen LogP contribution in [0, 0.1) is 19.3 Å². The second-order valence-corrected chi connectivity index (χ2v) is 8.01. The van der Waals surface area contributed by atoms with E-state index >= 15 is 0 Å². The van der Waals surface area contributed by atoms with Crippen molar-refractivity contribution in [3.8, 4) is 5.75 Å². The molecule has 0 aliphatic rings. The number of ether oxygens (including phenoxy) is 1. The molecule has 37 heavy (non-hydrogen) atoms. The summed E-state index contributed by atoms with van der Waals surface area (Å²) in [7, 11) is 0. The standard InChI is InChI=1S/C15H14O2.C12H12N2O.C3H6N2/c1-12-7-9-13(10-8-12)11-15(16)17-14-5-3-2-4-6-14;1-10-3-5-11(6-4-10)9-12(15)14-8-2-7-13-14;4-2-1-3-5/h2-10H,11H2,1H3;2-8H,9H2,1H3;1-4H,5H2/b;;3-1-,4-2?. The minimum Gasteiger partial charge on any atom is -0.426 e. The fourth-order valence-corrected chi connectivity index (χ4v) is 2.96. The Labute approximate surface area is 217 Å². The molecule has 190 valence electrons. The Morgan fingerprint density at radius 2 is 1.43 bits per heavy atom. The molecule has 0 saturated heterocycles. The van der Waals surface area contributed by atoms with E-state index in [1.165, 1.54) is 28.1 Å². The Bertz CT molecular complexity index is 1250. The van der Waals surface area contributed by atoms with Crippen molar-refractivity contribution in [3.63, 3.8) is 0 Å². The summed E-state index contributed by atoms with van der Waals surface area (Å²) in [6.07, 6.45) is 7.84. The molecule has 1 aromatic heterocycles. The molecular formula is C30H32N4O3. The average molecular weight is 497 g/mol. The summed E-state index contributed by atoms with van der Waals surface area (Å²) in [5.74, 6) is 0.341. The lowest BCUT2D eigenvalue weighted by atomic mass is 10.1. The number of para-hydroxylation sites is 1. The SMILES string of the molecule is Cc1ccc(CC(=O)Oc2ccccc2)cc1.Cc1ccc(CC(=O)n2cccn2)cc1.N=C/C=C\N. The third-order valence-electron chi connectivity index (χ3n) is 4.89. The van der Waals surface area contributed by atoms with Crippen LogP contribution < -0.4 is 10.5 Å². The first-order valence-corrected chi connectivity index (χ1v) is 11.7. The van der Waals surface area contributed by atoms with Crippen LogP contribution >= 0.6 is 0 Å². The van der Waals surface area contributed by atoms with Crippen molar-refractivity contribution in [3.05, 3.63) is 132 Å². The van der Waals surface area contributed by atoms with Gasteiger partial charge in [0, 0.05) is 18.6 Å². The van der Waals surface area contributed by atoms with Crippen molar-refractivity contribution in [2.24, 2.45) is 5.73 Å². The summed E-state index contributed by atoms with van der Waals surface area (Å²) in [6.45, 7) is 4.05. The summed E-state index contributed by atoms with van der Waals surface area (Å²) < 4.78 is 6.57. The van der Waals surface area contributed by atoms with E-state index in [1.807, 2.05) is 80.6 Å². The summed E-state index contributed by atoms with van der Waals surface area (Å²) in [5, 5.41) is 10.2. The number of hydrogen-bond acceptors (Lipinski definition) is 6. The first-order valence-electron chi connectivity index (χ1n) is 11.7. The quantitative estimate of drug-likeness (QED) is 0.213. The predicted molar refractivity (Wildman–Crippen MR) is 147 cm³/mol. The number of allylic oxidation sites excluding steroid dienone is 1. The number of carbonyl (C=O) groups is 2. The van der Waals surface area contributed by atoms with Crippen molar-refractivity contribution >= 4 is 18.1 Å². The lowest BCUT2D eigenvalue weighted by Crippen LogP contribution is -2.13. The summed E-state index contributed by atoms with van der Waals surface area (Å²) in [6, 6.07) is 26.7. The van der Waals surface area contributed by atoms with Gasteiger partial charge in [-0.25, -0.2) is 4.68 Å². The van der Waals surface area contributed by atoms with E-state index < -0.39 is 0 Å². The van der Waals surface area contributed by atoms with E-state index in [4.69, 9.17) is 15.9 Å². The predicted octanol–water partition coefficient (Wildman–Crippen LogP) is 5.33. The highest BCUT2D eigenvalue weighted by Crippen LogP contribution is 2.11. The van der Waals surface area contributed by atoms with Crippen LogP contribution in [0.15, 0.2) is 110 Å². The Morgan fingerprint density at radius 3 is 1.89 bits per heavy atom. The lowest BCUT2D eigenvalue weighted by Gasteiger charge is -2.04. The van der Waals surface area contributed by atoms with E-state index in [1.54, 1.807) is 30.6 Å². The van der Waals surface area contributed by atoms with Crippen LogP contribution in [0.1, 0.15) is 27.0 Å². The average Bonchev–Trinajstić information content (AvgIpc) is 3.44. The van der Waals surface area contributed by atoms with Gasteiger partial charge in [-0.1, -0.05) is 77.9 Å². The second-order valence-electron chi connectivity index (χ2n) is 8.01. The summed E-state index contributed by atoms with van der Waals surface area (Å²) in [5.41, 5.74) is 9.18. The van der Waals surface area contributed by atoms with E-state index in [-0.39, 0.29) is 11.9 Å². The van der Waals surface area contributed by atoms with Gasteiger partial charge in [-0.3, -0.25) is 9.59 Å². The van der Waals surface area contributed by atoms with Crippen LogP contribution in [0.2, 0.25) is 0 Å². The second kappa shape index (κ2) is 16.0. The van der Waals surface area contributed by atoms with E-state index in [2.05, 4.69) is 5.10 Å². The third-order valence-corrected chi connectivity index (χ3v) is 4.89. The van der Waals surface area contributed by atoms with Gasteiger partial charge in [0.1, 0.15) is 5.75 Å². The van der Waals surface area contributed by atoms with Crippen LogP contribution in [0.5, 0.6) is 5.75 Å². The van der Waals surface area contributed by atoms with Crippen molar-refractivity contribution in [1.82, 2.24) is 9.78 Å². The molecule has 3 aromatic carbocycles. The Hall–Kier alpha value is -4.78. The number of hydrogen-bond donors (Lipinski definition) is 2. The topological polar surface area (TPSA) is 111 Å². The number of carbonyl (C=O) groups excluding carboxylic acids is 2. The molecule has 0 atom stereocenters. The van der Waals surface area contributed by atoms with Gasteiger partial charge >= 0.3 is 5.97 Å². The number of esters is 1.